The molecule has 1 aromatic heterocycles. The summed E-state index contributed by atoms with van der Waals surface area (Å²) in [5, 5.41) is 12.5. The van der Waals surface area contributed by atoms with Gasteiger partial charge in [0.2, 0.25) is 5.91 Å². The summed E-state index contributed by atoms with van der Waals surface area (Å²) in [5.41, 5.74) is 5.37. The molecular formula is C23H28N4O2S. The van der Waals surface area contributed by atoms with Crippen molar-refractivity contribution in [1.29, 1.82) is 0 Å². The molecule has 0 unspecified atom stereocenters. The molecule has 0 saturated heterocycles. The van der Waals surface area contributed by atoms with Gasteiger partial charge in [-0.15, -0.1) is 10.2 Å². The van der Waals surface area contributed by atoms with Gasteiger partial charge in [0.05, 0.1) is 12.9 Å². The Labute approximate surface area is 182 Å². The number of ether oxygens (including phenoxy) is 1. The van der Waals surface area contributed by atoms with Crippen molar-refractivity contribution in [2.75, 3.05) is 18.2 Å². The number of aromatic nitrogens is 3. The van der Waals surface area contributed by atoms with Crippen molar-refractivity contribution in [3.05, 3.63) is 64.5 Å². The molecule has 0 spiro atoms. The summed E-state index contributed by atoms with van der Waals surface area (Å²) in [7, 11) is 1.66. The summed E-state index contributed by atoms with van der Waals surface area (Å²) >= 11 is 1.41. The summed E-state index contributed by atoms with van der Waals surface area (Å²) in [4.78, 5) is 12.5. The van der Waals surface area contributed by atoms with Crippen LogP contribution < -0.4 is 10.1 Å². The molecule has 2 aromatic carbocycles. The smallest absolute Gasteiger partial charge is 0.234 e. The number of methoxy groups -OCH3 is 1. The van der Waals surface area contributed by atoms with Gasteiger partial charge in [-0.3, -0.25) is 4.79 Å². The first-order valence-electron chi connectivity index (χ1n) is 9.96. The van der Waals surface area contributed by atoms with Crippen molar-refractivity contribution in [3.8, 4) is 5.75 Å². The molecule has 3 rings (SSSR count). The van der Waals surface area contributed by atoms with E-state index in [1.165, 1.54) is 17.3 Å². The Balaban J connectivity index is 1.65. The molecule has 0 aliphatic heterocycles. The minimum absolute atomic E-state index is 0.0441. The van der Waals surface area contributed by atoms with Gasteiger partial charge in [0.15, 0.2) is 5.16 Å². The van der Waals surface area contributed by atoms with Crippen LogP contribution in [0.5, 0.6) is 5.75 Å². The Morgan fingerprint density at radius 1 is 1.10 bits per heavy atom. The molecule has 1 heterocycles. The number of anilines is 1. The fourth-order valence-electron chi connectivity index (χ4n) is 3.48. The third kappa shape index (κ3) is 5.21. The third-order valence-electron chi connectivity index (χ3n) is 4.90. The molecule has 0 radical (unpaired) electrons. The first kappa shape index (κ1) is 21.9. The zero-order valence-corrected chi connectivity index (χ0v) is 19.0. The van der Waals surface area contributed by atoms with Gasteiger partial charge in [-0.1, -0.05) is 41.6 Å². The van der Waals surface area contributed by atoms with Crippen LogP contribution in [0.2, 0.25) is 0 Å². The van der Waals surface area contributed by atoms with Crippen LogP contribution in [0.3, 0.4) is 0 Å². The minimum atomic E-state index is -0.0441. The molecule has 0 atom stereocenters. The number of hydrogen-bond donors (Lipinski definition) is 1. The van der Waals surface area contributed by atoms with Crippen LogP contribution in [0.15, 0.2) is 41.6 Å². The second-order valence-electron chi connectivity index (χ2n) is 7.28. The highest BCUT2D eigenvalue weighted by Gasteiger charge is 2.15. The molecule has 0 aliphatic rings. The number of amides is 1. The number of benzene rings is 2. The third-order valence-corrected chi connectivity index (χ3v) is 5.87. The second-order valence-corrected chi connectivity index (χ2v) is 8.22. The van der Waals surface area contributed by atoms with Gasteiger partial charge in [-0.05, 0) is 56.5 Å². The maximum atomic E-state index is 12.5. The number of rotatable bonds is 8. The lowest BCUT2D eigenvalue weighted by Crippen LogP contribution is -2.16. The van der Waals surface area contributed by atoms with Crippen molar-refractivity contribution >= 4 is 23.4 Å². The van der Waals surface area contributed by atoms with Crippen LogP contribution >= 0.6 is 11.8 Å². The van der Waals surface area contributed by atoms with Gasteiger partial charge < -0.3 is 14.6 Å². The van der Waals surface area contributed by atoms with Crippen molar-refractivity contribution in [3.63, 3.8) is 0 Å². The molecule has 1 amide bonds. The first-order chi connectivity index (χ1) is 14.4. The van der Waals surface area contributed by atoms with Crippen LogP contribution in [-0.2, 0) is 17.8 Å². The molecule has 0 fully saturated rings. The molecule has 6 nitrogen and oxygen atoms in total. The lowest BCUT2D eigenvalue weighted by molar-refractivity contribution is -0.113. The van der Waals surface area contributed by atoms with Gasteiger partial charge >= 0.3 is 0 Å². The average Bonchev–Trinajstić information content (AvgIpc) is 3.11. The Morgan fingerprint density at radius 2 is 1.77 bits per heavy atom. The monoisotopic (exact) mass is 424 g/mol. The Morgan fingerprint density at radius 3 is 2.37 bits per heavy atom. The van der Waals surface area contributed by atoms with Crippen molar-refractivity contribution in [2.45, 2.75) is 45.8 Å². The maximum Gasteiger partial charge on any atom is 0.234 e. The molecule has 0 aliphatic carbocycles. The highest BCUT2D eigenvalue weighted by molar-refractivity contribution is 7.99. The number of nitrogens with zero attached hydrogens (tertiary/aromatic N) is 3. The predicted molar refractivity (Wildman–Crippen MR) is 122 cm³/mol. The number of hydrogen-bond acceptors (Lipinski definition) is 5. The van der Waals surface area contributed by atoms with E-state index >= 15 is 0 Å². The molecule has 30 heavy (non-hydrogen) atoms. The van der Waals surface area contributed by atoms with E-state index in [2.05, 4.69) is 46.1 Å². The van der Waals surface area contributed by atoms with Crippen molar-refractivity contribution in [1.82, 2.24) is 14.8 Å². The number of aryl methyl sites for hydroxylation is 3. The van der Waals surface area contributed by atoms with Crippen LogP contribution in [0, 0.1) is 20.8 Å². The van der Waals surface area contributed by atoms with Crippen molar-refractivity contribution in [2.24, 2.45) is 0 Å². The Hall–Kier alpha value is -2.80. The van der Waals surface area contributed by atoms with E-state index in [4.69, 9.17) is 4.74 Å². The Bertz CT molecular complexity index is 1010. The number of carbonyl (C=O) groups excluding carboxylic acids is 1. The van der Waals surface area contributed by atoms with E-state index in [1.54, 1.807) is 7.11 Å². The SMILES string of the molecule is CCn1c(Cc2ccc(OC)cc2)nnc1SCC(=O)Nc1c(C)cc(C)cc1C. The molecule has 1 N–H and O–H groups in total. The quantitative estimate of drug-likeness (QED) is 0.537. The van der Waals surface area contributed by atoms with Gasteiger partial charge in [-0.2, -0.15) is 0 Å². The summed E-state index contributed by atoms with van der Waals surface area (Å²) in [5.74, 6) is 1.96. The van der Waals surface area contributed by atoms with E-state index in [1.807, 2.05) is 38.1 Å². The minimum Gasteiger partial charge on any atom is -0.497 e. The normalized spacial score (nSPS) is 10.8. The highest BCUT2D eigenvalue weighted by atomic mass is 32.2. The summed E-state index contributed by atoms with van der Waals surface area (Å²) in [6.07, 6.45) is 0.680. The van der Waals surface area contributed by atoms with Crippen LogP contribution in [0.25, 0.3) is 0 Å². The van der Waals surface area contributed by atoms with E-state index < -0.39 is 0 Å². The zero-order chi connectivity index (χ0) is 21.7. The average molecular weight is 425 g/mol. The number of nitrogens with one attached hydrogen (secondary N) is 1. The Kier molecular flexibility index (Phi) is 7.15. The van der Waals surface area contributed by atoms with E-state index in [9.17, 15) is 4.79 Å². The molecule has 0 bridgehead atoms. The van der Waals surface area contributed by atoms with E-state index in [0.717, 1.165) is 45.7 Å². The van der Waals surface area contributed by atoms with Gasteiger partial charge in [-0.25, -0.2) is 0 Å². The summed E-state index contributed by atoms with van der Waals surface area (Å²) < 4.78 is 7.27. The maximum absolute atomic E-state index is 12.5. The second kappa shape index (κ2) is 9.80. The fourth-order valence-corrected chi connectivity index (χ4v) is 4.30. The topological polar surface area (TPSA) is 69.0 Å². The molecule has 3 aromatic rings. The molecule has 7 heteroatoms. The number of carbonyl (C=O) groups is 1. The summed E-state index contributed by atoms with van der Waals surface area (Å²) in [6, 6.07) is 12.1. The lowest BCUT2D eigenvalue weighted by Gasteiger charge is -2.13. The lowest BCUT2D eigenvalue weighted by atomic mass is 10.1. The van der Waals surface area contributed by atoms with E-state index in [0.29, 0.717) is 6.42 Å². The van der Waals surface area contributed by atoms with Gasteiger partial charge in [0, 0.05) is 18.7 Å². The van der Waals surface area contributed by atoms with Crippen LogP contribution in [-0.4, -0.2) is 33.5 Å². The molecule has 158 valence electrons. The highest BCUT2D eigenvalue weighted by Crippen LogP contribution is 2.24. The molecular weight excluding hydrogens is 396 g/mol. The van der Waals surface area contributed by atoms with Gasteiger partial charge in [0.1, 0.15) is 11.6 Å². The fraction of sp³-hybridized carbons (Fsp3) is 0.348. The number of thioether (sulfide) groups is 1. The first-order valence-corrected chi connectivity index (χ1v) is 10.9. The predicted octanol–water partition coefficient (Wildman–Crippen LogP) is 4.55. The standard InChI is InChI=1S/C23H28N4O2S/c1-6-27-20(13-18-7-9-19(29-5)10-8-18)25-26-23(27)30-14-21(28)24-22-16(3)11-15(2)12-17(22)4/h7-12H,6,13-14H2,1-5H3,(H,24,28). The van der Waals surface area contributed by atoms with Crippen molar-refractivity contribution < 1.29 is 9.53 Å². The molecule has 0 saturated carbocycles. The largest absolute Gasteiger partial charge is 0.497 e. The summed E-state index contributed by atoms with van der Waals surface area (Å²) in [6.45, 7) is 8.90. The zero-order valence-electron chi connectivity index (χ0n) is 18.2. The van der Waals surface area contributed by atoms with Gasteiger partial charge in [0.25, 0.3) is 0 Å². The van der Waals surface area contributed by atoms with Crippen LogP contribution in [0.1, 0.15) is 35.0 Å². The van der Waals surface area contributed by atoms with E-state index in [-0.39, 0.29) is 11.7 Å². The van der Waals surface area contributed by atoms with Crippen LogP contribution in [0.4, 0.5) is 5.69 Å².